The highest BCUT2D eigenvalue weighted by Gasteiger charge is 2.14. The molecule has 1 aromatic carbocycles. The Morgan fingerprint density at radius 2 is 1.92 bits per heavy atom. The highest BCUT2D eigenvalue weighted by molar-refractivity contribution is 7.99. The van der Waals surface area contributed by atoms with Crippen LogP contribution in [0, 0.1) is 6.92 Å². The second-order valence-electron chi connectivity index (χ2n) is 5.63. The second-order valence-corrected chi connectivity index (χ2v) is 6.68. The summed E-state index contributed by atoms with van der Waals surface area (Å²) in [5.74, 6) is 0.106. The third kappa shape index (κ3) is 3.16. The van der Waals surface area contributed by atoms with E-state index in [0.29, 0.717) is 11.5 Å². The number of imidazole rings is 1. The van der Waals surface area contributed by atoms with Crippen molar-refractivity contribution < 1.29 is 4.79 Å². The fourth-order valence-electron chi connectivity index (χ4n) is 2.35. The van der Waals surface area contributed by atoms with Crippen LogP contribution in [-0.2, 0) is 7.05 Å². The van der Waals surface area contributed by atoms with Crippen molar-refractivity contribution in [2.75, 3.05) is 5.32 Å². The second kappa shape index (κ2) is 6.60. The summed E-state index contributed by atoms with van der Waals surface area (Å²) in [6.45, 7) is 1.88. The van der Waals surface area contributed by atoms with Gasteiger partial charge in [0.25, 0.3) is 11.7 Å². The fourth-order valence-corrected chi connectivity index (χ4v) is 3.15. The quantitative estimate of drug-likeness (QED) is 0.598. The summed E-state index contributed by atoms with van der Waals surface area (Å²) in [5.41, 5.74) is 1.53. The monoisotopic (exact) mass is 365 g/mol. The van der Waals surface area contributed by atoms with Crippen molar-refractivity contribution in [1.82, 2.24) is 29.1 Å². The van der Waals surface area contributed by atoms with Crippen LogP contribution in [0.4, 0.5) is 5.69 Å². The van der Waals surface area contributed by atoms with Gasteiger partial charge in [-0.2, -0.15) is 4.98 Å². The molecule has 8 nitrogen and oxygen atoms in total. The molecular formula is C17H15N7OS. The molecule has 0 unspecified atom stereocenters. The molecule has 0 fully saturated rings. The average Bonchev–Trinajstić information content (AvgIpc) is 3.24. The van der Waals surface area contributed by atoms with E-state index in [1.165, 1.54) is 0 Å². The van der Waals surface area contributed by atoms with E-state index in [4.69, 9.17) is 0 Å². The van der Waals surface area contributed by atoms with Crippen LogP contribution < -0.4 is 5.32 Å². The number of carbonyl (C=O) groups is 1. The lowest BCUT2D eigenvalue weighted by Crippen LogP contribution is -2.14. The van der Waals surface area contributed by atoms with Crippen molar-refractivity contribution in [3.8, 4) is 0 Å². The molecule has 0 spiro atoms. The minimum atomic E-state index is -0.376. The number of nitrogens with zero attached hydrogens (tertiary/aromatic N) is 6. The number of benzene rings is 1. The van der Waals surface area contributed by atoms with Crippen molar-refractivity contribution in [2.24, 2.45) is 7.05 Å². The molecule has 0 atom stereocenters. The Morgan fingerprint density at radius 3 is 2.62 bits per heavy atom. The van der Waals surface area contributed by atoms with E-state index in [9.17, 15) is 4.79 Å². The maximum atomic E-state index is 12.4. The first-order chi connectivity index (χ1) is 12.6. The van der Waals surface area contributed by atoms with Crippen molar-refractivity contribution in [1.29, 1.82) is 0 Å². The standard InChI is InChI=1S/C17H15N7OS/c1-11-7-8-18-16-21-14(22-24(11)16)15(25)20-12-3-5-13(6-4-12)26-17-19-9-10-23(17)2/h3-10H,1-2H3,(H,20,25). The fraction of sp³-hybridized carbons (Fsp3) is 0.118. The third-order valence-corrected chi connectivity index (χ3v) is 4.82. The van der Waals surface area contributed by atoms with Crippen LogP contribution in [0.25, 0.3) is 5.78 Å². The lowest BCUT2D eigenvalue weighted by molar-refractivity contribution is 0.101. The number of amides is 1. The lowest BCUT2D eigenvalue weighted by Gasteiger charge is -2.05. The number of nitrogens with one attached hydrogen (secondary N) is 1. The summed E-state index contributed by atoms with van der Waals surface area (Å²) in [6, 6.07) is 9.34. The Labute approximate surface area is 153 Å². The van der Waals surface area contributed by atoms with Gasteiger partial charge in [-0.15, -0.1) is 5.10 Å². The number of aryl methyl sites for hydroxylation is 2. The van der Waals surface area contributed by atoms with Crippen LogP contribution in [0.3, 0.4) is 0 Å². The molecule has 3 heterocycles. The van der Waals surface area contributed by atoms with Gasteiger partial charge in [-0.25, -0.2) is 14.5 Å². The maximum Gasteiger partial charge on any atom is 0.295 e. The van der Waals surface area contributed by atoms with E-state index in [2.05, 4.69) is 25.4 Å². The molecule has 130 valence electrons. The van der Waals surface area contributed by atoms with E-state index in [1.807, 2.05) is 49.0 Å². The van der Waals surface area contributed by atoms with Crippen molar-refractivity contribution in [2.45, 2.75) is 17.0 Å². The molecule has 1 amide bonds. The molecular weight excluding hydrogens is 350 g/mol. The molecule has 0 aliphatic rings. The largest absolute Gasteiger partial charge is 0.329 e. The number of fused-ring (bicyclic) bond motifs is 1. The van der Waals surface area contributed by atoms with Crippen LogP contribution in [0.15, 0.2) is 59.0 Å². The van der Waals surface area contributed by atoms with Crippen LogP contribution >= 0.6 is 11.8 Å². The number of aromatic nitrogens is 6. The van der Waals surface area contributed by atoms with Crippen LogP contribution in [0.5, 0.6) is 0 Å². The SMILES string of the molecule is Cc1ccnc2nc(C(=O)Nc3ccc(Sc4nccn4C)cc3)nn12. The smallest absolute Gasteiger partial charge is 0.295 e. The highest BCUT2D eigenvalue weighted by Crippen LogP contribution is 2.26. The molecule has 4 rings (SSSR count). The lowest BCUT2D eigenvalue weighted by atomic mass is 10.3. The van der Waals surface area contributed by atoms with Gasteiger partial charge >= 0.3 is 0 Å². The first kappa shape index (κ1) is 16.3. The predicted molar refractivity (Wildman–Crippen MR) is 97.2 cm³/mol. The van der Waals surface area contributed by atoms with E-state index in [0.717, 1.165) is 15.7 Å². The summed E-state index contributed by atoms with van der Waals surface area (Å²) in [4.78, 5) is 26.0. The number of rotatable bonds is 4. The number of carbonyl (C=O) groups excluding carboxylic acids is 1. The summed E-state index contributed by atoms with van der Waals surface area (Å²) in [7, 11) is 1.95. The van der Waals surface area contributed by atoms with Gasteiger partial charge in [0.2, 0.25) is 5.82 Å². The third-order valence-electron chi connectivity index (χ3n) is 3.73. The summed E-state index contributed by atoms with van der Waals surface area (Å²) in [5, 5.41) is 7.90. The first-order valence-electron chi connectivity index (χ1n) is 7.85. The van der Waals surface area contributed by atoms with Gasteiger partial charge in [-0.3, -0.25) is 4.79 Å². The van der Waals surface area contributed by atoms with Gasteiger partial charge in [-0.05, 0) is 37.3 Å². The molecule has 9 heteroatoms. The van der Waals surface area contributed by atoms with Gasteiger partial charge in [0.1, 0.15) is 0 Å². The Balaban J connectivity index is 1.48. The minimum absolute atomic E-state index is 0.0817. The average molecular weight is 365 g/mol. The zero-order valence-electron chi connectivity index (χ0n) is 14.1. The predicted octanol–water partition coefficient (Wildman–Crippen LogP) is 2.57. The van der Waals surface area contributed by atoms with Gasteiger partial charge in [0, 0.05) is 41.9 Å². The zero-order chi connectivity index (χ0) is 18.1. The van der Waals surface area contributed by atoms with Crippen molar-refractivity contribution in [3.05, 3.63) is 60.4 Å². The molecule has 0 saturated carbocycles. The Bertz CT molecular complexity index is 1080. The zero-order valence-corrected chi connectivity index (χ0v) is 14.9. The van der Waals surface area contributed by atoms with Gasteiger partial charge < -0.3 is 9.88 Å². The number of hydrogen-bond acceptors (Lipinski definition) is 6. The topological polar surface area (TPSA) is 90.0 Å². The van der Waals surface area contributed by atoms with E-state index >= 15 is 0 Å². The molecule has 4 aromatic rings. The maximum absolute atomic E-state index is 12.4. The van der Waals surface area contributed by atoms with Gasteiger partial charge in [0.05, 0.1) is 0 Å². The van der Waals surface area contributed by atoms with E-state index in [-0.39, 0.29) is 11.7 Å². The molecule has 3 aromatic heterocycles. The van der Waals surface area contributed by atoms with E-state index < -0.39 is 0 Å². The summed E-state index contributed by atoms with van der Waals surface area (Å²) in [6.07, 6.45) is 5.30. The highest BCUT2D eigenvalue weighted by atomic mass is 32.2. The van der Waals surface area contributed by atoms with Gasteiger partial charge in [-0.1, -0.05) is 11.8 Å². The Hall–Kier alpha value is -3.20. The molecule has 1 N–H and O–H groups in total. The summed E-state index contributed by atoms with van der Waals surface area (Å²) >= 11 is 1.55. The summed E-state index contributed by atoms with van der Waals surface area (Å²) < 4.78 is 3.49. The van der Waals surface area contributed by atoms with E-state index in [1.54, 1.807) is 34.7 Å². The van der Waals surface area contributed by atoms with Crippen LogP contribution in [-0.4, -0.2) is 35.0 Å². The van der Waals surface area contributed by atoms with Crippen LogP contribution in [0.2, 0.25) is 0 Å². The normalized spacial score (nSPS) is 11.0. The number of anilines is 1. The molecule has 0 radical (unpaired) electrons. The number of hydrogen-bond donors (Lipinski definition) is 1. The first-order valence-corrected chi connectivity index (χ1v) is 8.67. The van der Waals surface area contributed by atoms with Crippen molar-refractivity contribution >= 4 is 29.1 Å². The molecule has 0 aliphatic carbocycles. The van der Waals surface area contributed by atoms with Gasteiger partial charge in [0.15, 0.2) is 5.16 Å². The Morgan fingerprint density at radius 1 is 1.12 bits per heavy atom. The van der Waals surface area contributed by atoms with Crippen LogP contribution in [0.1, 0.15) is 16.3 Å². The molecule has 26 heavy (non-hydrogen) atoms. The van der Waals surface area contributed by atoms with Crippen molar-refractivity contribution in [3.63, 3.8) is 0 Å². The Kier molecular flexibility index (Phi) is 4.13. The minimum Gasteiger partial charge on any atom is -0.329 e. The molecule has 0 bridgehead atoms. The molecule has 0 aliphatic heterocycles. The molecule has 0 saturated heterocycles.